The molecule has 0 radical (unpaired) electrons. The van der Waals surface area contributed by atoms with E-state index in [2.05, 4.69) is 12.2 Å². The second kappa shape index (κ2) is 10.5. The Hall–Kier alpha value is -2.47. The molecule has 0 bridgehead atoms. The highest BCUT2D eigenvalue weighted by Gasteiger charge is 2.15. The van der Waals surface area contributed by atoms with Gasteiger partial charge in [0.05, 0.1) is 5.69 Å². The Kier molecular flexibility index (Phi) is 8.02. The SMILES string of the molecule is CCCN(Cc1ccccc1)C(=O)Nc1ccccc1SCCC(N)=O. The van der Waals surface area contributed by atoms with Crippen LogP contribution in [0.2, 0.25) is 0 Å². The lowest BCUT2D eigenvalue weighted by molar-refractivity contribution is -0.117. The third-order valence-electron chi connectivity index (χ3n) is 3.73. The number of carbonyl (C=O) groups excluding carboxylic acids is 2. The lowest BCUT2D eigenvalue weighted by atomic mass is 10.2. The van der Waals surface area contributed by atoms with Crippen LogP contribution < -0.4 is 11.1 Å². The van der Waals surface area contributed by atoms with Crippen molar-refractivity contribution >= 4 is 29.4 Å². The summed E-state index contributed by atoms with van der Waals surface area (Å²) in [4.78, 5) is 26.4. The summed E-state index contributed by atoms with van der Waals surface area (Å²) in [7, 11) is 0. The van der Waals surface area contributed by atoms with E-state index in [9.17, 15) is 9.59 Å². The molecule has 0 saturated heterocycles. The standard InChI is InChI=1S/C20H25N3O2S/c1-2-13-23(15-16-8-4-3-5-9-16)20(25)22-17-10-6-7-11-18(17)26-14-12-19(21)24/h3-11H,2,12-15H2,1H3,(H2,21,24)(H,22,25). The summed E-state index contributed by atoms with van der Waals surface area (Å²) in [6.07, 6.45) is 1.19. The summed E-state index contributed by atoms with van der Waals surface area (Å²) >= 11 is 1.51. The first kappa shape index (κ1) is 19.8. The summed E-state index contributed by atoms with van der Waals surface area (Å²) in [5.74, 6) is 0.265. The van der Waals surface area contributed by atoms with Crippen molar-refractivity contribution < 1.29 is 9.59 Å². The molecule has 3 N–H and O–H groups in total. The number of urea groups is 1. The van der Waals surface area contributed by atoms with E-state index in [1.54, 1.807) is 4.90 Å². The molecule has 138 valence electrons. The molecule has 0 unspecified atom stereocenters. The Labute approximate surface area is 159 Å². The van der Waals surface area contributed by atoms with Crippen LogP contribution in [0, 0.1) is 0 Å². The summed E-state index contributed by atoms with van der Waals surface area (Å²) in [6, 6.07) is 17.4. The number of anilines is 1. The van der Waals surface area contributed by atoms with E-state index < -0.39 is 0 Å². The van der Waals surface area contributed by atoms with E-state index >= 15 is 0 Å². The molecule has 2 aromatic carbocycles. The molecule has 0 aliphatic carbocycles. The minimum Gasteiger partial charge on any atom is -0.370 e. The monoisotopic (exact) mass is 371 g/mol. The third-order valence-corrected chi connectivity index (χ3v) is 4.81. The summed E-state index contributed by atoms with van der Waals surface area (Å²) in [5, 5.41) is 3.00. The van der Waals surface area contributed by atoms with Gasteiger partial charge in [-0.05, 0) is 24.1 Å². The van der Waals surface area contributed by atoms with Gasteiger partial charge in [0.2, 0.25) is 5.91 Å². The smallest absolute Gasteiger partial charge is 0.322 e. The number of carbonyl (C=O) groups is 2. The molecule has 2 rings (SSSR count). The van der Waals surface area contributed by atoms with Crippen LogP contribution in [0.4, 0.5) is 10.5 Å². The second-order valence-corrected chi connectivity index (χ2v) is 7.03. The van der Waals surface area contributed by atoms with Gasteiger partial charge in [-0.15, -0.1) is 11.8 Å². The summed E-state index contributed by atoms with van der Waals surface area (Å²) in [6.45, 7) is 3.30. The molecule has 0 saturated carbocycles. The fraction of sp³-hybridized carbons (Fsp3) is 0.300. The number of para-hydroxylation sites is 1. The van der Waals surface area contributed by atoms with Gasteiger partial charge in [-0.1, -0.05) is 49.4 Å². The van der Waals surface area contributed by atoms with Crippen LogP contribution >= 0.6 is 11.8 Å². The first-order chi connectivity index (χ1) is 12.6. The molecule has 5 nitrogen and oxygen atoms in total. The number of hydrogen-bond donors (Lipinski definition) is 2. The first-order valence-corrected chi connectivity index (χ1v) is 9.68. The number of primary amides is 1. The van der Waals surface area contributed by atoms with Gasteiger partial charge >= 0.3 is 6.03 Å². The zero-order valence-corrected chi connectivity index (χ0v) is 15.8. The van der Waals surface area contributed by atoms with Gasteiger partial charge in [0.1, 0.15) is 0 Å². The molecule has 6 heteroatoms. The Morgan fingerprint density at radius 3 is 2.46 bits per heavy atom. The number of rotatable bonds is 9. The number of hydrogen-bond acceptors (Lipinski definition) is 3. The fourth-order valence-corrected chi connectivity index (χ4v) is 3.45. The highest BCUT2D eigenvalue weighted by Crippen LogP contribution is 2.27. The molecule has 3 amide bonds. The van der Waals surface area contributed by atoms with Crippen molar-refractivity contribution in [1.29, 1.82) is 0 Å². The van der Waals surface area contributed by atoms with Gasteiger partial charge in [-0.2, -0.15) is 0 Å². The van der Waals surface area contributed by atoms with Crippen molar-refractivity contribution in [2.45, 2.75) is 31.2 Å². The number of nitrogens with zero attached hydrogens (tertiary/aromatic N) is 1. The van der Waals surface area contributed by atoms with E-state index in [-0.39, 0.29) is 11.9 Å². The van der Waals surface area contributed by atoms with Crippen molar-refractivity contribution in [2.24, 2.45) is 5.73 Å². The molecule has 0 spiro atoms. The molecule has 0 aliphatic heterocycles. The minimum atomic E-state index is -0.323. The summed E-state index contributed by atoms with van der Waals surface area (Å²) in [5.41, 5.74) is 7.04. The predicted molar refractivity (Wildman–Crippen MR) is 107 cm³/mol. The number of nitrogens with one attached hydrogen (secondary N) is 1. The maximum atomic E-state index is 12.8. The van der Waals surface area contributed by atoms with E-state index in [0.717, 1.165) is 22.6 Å². The Bertz CT molecular complexity index is 722. The molecule has 2 aromatic rings. The van der Waals surface area contributed by atoms with Crippen LogP contribution in [0.15, 0.2) is 59.5 Å². The molecule has 0 fully saturated rings. The van der Waals surface area contributed by atoms with Crippen LogP contribution in [0.3, 0.4) is 0 Å². The number of nitrogens with two attached hydrogens (primary N) is 1. The second-order valence-electron chi connectivity index (χ2n) is 5.90. The van der Waals surface area contributed by atoms with Crippen LogP contribution in [-0.4, -0.2) is 29.1 Å². The van der Waals surface area contributed by atoms with Gasteiger partial charge < -0.3 is 16.0 Å². The van der Waals surface area contributed by atoms with Gasteiger partial charge in [0, 0.05) is 30.2 Å². The topological polar surface area (TPSA) is 75.4 Å². The third kappa shape index (κ3) is 6.44. The van der Waals surface area contributed by atoms with Gasteiger partial charge in [-0.25, -0.2) is 4.79 Å². The van der Waals surface area contributed by atoms with Crippen LogP contribution in [0.25, 0.3) is 0 Å². The normalized spacial score (nSPS) is 10.3. The minimum absolute atomic E-state index is 0.126. The van der Waals surface area contributed by atoms with Crippen molar-refractivity contribution in [3.8, 4) is 0 Å². The highest BCUT2D eigenvalue weighted by molar-refractivity contribution is 7.99. The van der Waals surface area contributed by atoms with Crippen molar-refractivity contribution in [3.05, 3.63) is 60.2 Å². The van der Waals surface area contributed by atoms with E-state index in [1.165, 1.54) is 11.8 Å². The number of benzene rings is 2. The average Bonchev–Trinajstić information content (AvgIpc) is 2.63. The zero-order chi connectivity index (χ0) is 18.8. The highest BCUT2D eigenvalue weighted by atomic mass is 32.2. The number of thioether (sulfide) groups is 1. The van der Waals surface area contributed by atoms with Gasteiger partial charge in [-0.3, -0.25) is 4.79 Å². The fourth-order valence-electron chi connectivity index (χ4n) is 2.48. The Morgan fingerprint density at radius 1 is 1.08 bits per heavy atom. The maximum Gasteiger partial charge on any atom is 0.322 e. The lowest BCUT2D eigenvalue weighted by Crippen LogP contribution is -2.35. The first-order valence-electron chi connectivity index (χ1n) is 8.70. The molecule has 0 atom stereocenters. The molecular formula is C20H25N3O2S. The van der Waals surface area contributed by atoms with E-state index in [4.69, 9.17) is 5.73 Å². The van der Waals surface area contributed by atoms with Gasteiger partial charge in [0.15, 0.2) is 0 Å². The van der Waals surface area contributed by atoms with Crippen molar-refractivity contribution in [1.82, 2.24) is 4.90 Å². The molecule has 26 heavy (non-hydrogen) atoms. The summed E-state index contributed by atoms with van der Waals surface area (Å²) < 4.78 is 0. The zero-order valence-electron chi connectivity index (χ0n) is 15.0. The molecule has 0 heterocycles. The molecule has 0 aromatic heterocycles. The van der Waals surface area contributed by atoms with E-state index in [0.29, 0.717) is 25.3 Å². The van der Waals surface area contributed by atoms with E-state index in [1.807, 2.05) is 54.6 Å². The van der Waals surface area contributed by atoms with Crippen molar-refractivity contribution in [2.75, 3.05) is 17.6 Å². The lowest BCUT2D eigenvalue weighted by Gasteiger charge is -2.23. The van der Waals surface area contributed by atoms with Crippen LogP contribution in [0.5, 0.6) is 0 Å². The maximum absolute atomic E-state index is 12.8. The molecule has 0 aliphatic rings. The largest absolute Gasteiger partial charge is 0.370 e. The average molecular weight is 372 g/mol. The Morgan fingerprint density at radius 2 is 1.77 bits per heavy atom. The number of amides is 3. The van der Waals surface area contributed by atoms with Crippen LogP contribution in [-0.2, 0) is 11.3 Å². The quantitative estimate of drug-likeness (QED) is 0.652. The molecular weight excluding hydrogens is 346 g/mol. The van der Waals surface area contributed by atoms with Crippen LogP contribution in [0.1, 0.15) is 25.3 Å². The van der Waals surface area contributed by atoms with Gasteiger partial charge in [0.25, 0.3) is 0 Å². The Balaban J connectivity index is 2.05. The predicted octanol–water partition coefficient (Wildman–Crippen LogP) is 4.10. The van der Waals surface area contributed by atoms with Crippen molar-refractivity contribution in [3.63, 3.8) is 0 Å².